The molecule has 1 aliphatic carbocycles. The summed E-state index contributed by atoms with van der Waals surface area (Å²) in [5.74, 6) is 1.00. The Hall–Kier alpha value is -0.0800. The van der Waals surface area contributed by atoms with Crippen LogP contribution in [0.4, 0.5) is 0 Å². The molecule has 76 valence electrons. The van der Waals surface area contributed by atoms with Crippen LogP contribution in [0.15, 0.2) is 0 Å². The number of nitrogens with zero attached hydrogens (tertiary/aromatic N) is 1. The highest BCUT2D eigenvalue weighted by Gasteiger charge is 2.37. The summed E-state index contributed by atoms with van der Waals surface area (Å²) in [7, 11) is 0. The van der Waals surface area contributed by atoms with Crippen LogP contribution in [-0.4, -0.2) is 30.1 Å². The highest BCUT2D eigenvalue weighted by Crippen LogP contribution is 2.36. The van der Waals surface area contributed by atoms with Gasteiger partial charge in [0.25, 0.3) is 0 Å². The third kappa shape index (κ3) is 1.75. The van der Waals surface area contributed by atoms with Crippen molar-refractivity contribution < 1.29 is 0 Å². The van der Waals surface area contributed by atoms with Crippen molar-refractivity contribution in [1.29, 1.82) is 0 Å². The molecular formula is C11H22N2. The number of fused-ring (bicyclic) bond motifs is 1. The Bertz CT molecular complexity index is 169. The molecule has 0 radical (unpaired) electrons. The van der Waals surface area contributed by atoms with E-state index >= 15 is 0 Å². The minimum Gasteiger partial charge on any atom is -0.329 e. The molecule has 2 heteroatoms. The van der Waals surface area contributed by atoms with Crippen molar-refractivity contribution >= 4 is 0 Å². The van der Waals surface area contributed by atoms with Crippen molar-refractivity contribution in [2.45, 2.75) is 51.1 Å². The van der Waals surface area contributed by atoms with Gasteiger partial charge in [-0.2, -0.15) is 0 Å². The Morgan fingerprint density at radius 2 is 2.08 bits per heavy atom. The van der Waals surface area contributed by atoms with E-state index in [2.05, 4.69) is 11.8 Å². The van der Waals surface area contributed by atoms with Gasteiger partial charge in [-0.05, 0) is 38.6 Å². The third-order valence-electron chi connectivity index (χ3n) is 3.96. The quantitative estimate of drug-likeness (QED) is 0.703. The molecule has 1 aliphatic heterocycles. The van der Waals surface area contributed by atoms with Crippen molar-refractivity contribution in [2.75, 3.05) is 13.1 Å². The molecular weight excluding hydrogens is 160 g/mol. The monoisotopic (exact) mass is 182 g/mol. The summed E-state index contributed by atoms with van der Waals surface area (Å²) < 4.78 is 0. The molecule has 13 heavy (non-hydrogen) atoms. The first-order valence-corrected chi connectivity index (χ1v) is 5.78. The number of likely N-dealkylation sites (tertiary alicyclic amines) is 1. The van der Waals surface area contributed by atoms with Crippen molar-refractivity contribution in [3.63, 3.8) is 0 Å². The van der Waals surface area contributed by atoms with Crippen LogP contribution >= 0.6 is 0 Å². The Labute approximate surface area is 81.5 Å². The molecule has 0 bridgehead atoms. The summed E-state index contributed by atoms with van der Waals surface area (Å²) in [6.07, 6.45) is 7.23. The van der Waals surface area contributed by atoms with E-state index in [1.807, 2.05) is 0 Å². The molecule has 2 N–H and O–H groups in total. The van der Waals surface area contributed by atoms with E-state index in [4.69, 9.17) is 5.73 Å². The Morgan fingerprint density at radius 1 is 1.31 bits per heavy atom. The summed E-state index contributed by atoms with van der Waals surface area (Å²) in [6.45, 7) is 4.40. The highest BCUT2D eigenvalue weighted by molar-refractivity contribution is 4.91. The Kier molecular flexibility index (Phi) is 2.89. The van der Waals surface area contributed by atoms with Crippen molar-refractivity contribution in [2.24, 2.45) is 11.7 Å². The fourth-order valence-electron chi connectivity index (χ4n) is 3.12. The first kappa shape index (κ1) is 9.47. The zero-order valence-corrected chi connectivity index (χ0v) is 8.71. The summed E-state index contributed by atoms with van der Waals surface area (Å²) in [6, 6.07) is 1.49. The predicted molar refractivity (Wildman–Crippen MR) is 55.6 cm³/mol. The highest BCUT2D eigenvalue weighted by atomic mass is 15.2. The lowest BCUT2D eigenvalue weighted by molar-refractivity contribution is 0.144. The van der Waals surface area contributed by atoms with Crippen molar-refractivity contribution in [3.8, 4) is 0 Å². The van der Waals surface area contributed by atoms with E-state index in [0.29, 0.717) is 6.04 Å². The van der Waals surface area contributed by atoms with Gasteiger partial charge < -0.3 is 5.73 Å². The molecule has 2 aliphatic rings. The topological polar surface area (TPSA) is 29.3 Å². The van der Waals surface area contributed by atoms with Crippen molar-refractivity contribution in [3.05, 3.63) is 0 Å². The van der Waals surface area contributed by atoms with Gasteiger partial charge in [0.05, 0.1) is 0 Å². The van der Waals surface area contributed by atoms with Gasteiger partial charge in [0.1, 0.15) is 0 Å². The first-order valence-electron chi connectivity index (χ1n) is 5.78. The molecule has 1 saturated carbocycles. The number of hydrogen-bond donors (Lipinski definition) is 1. The van der Waals surface area contributed by atoms with Crippen molar-refractivity contribution in [1.82, 2.24) is 4.90 Å². The normalized spacial score (nSPS) is 37.4. The van der Waals surface area contributed by atoms with Crippen LogP contribution in [0.1, 0.15) is 39.0 Å². The van der Waals surface area contributed by atoms with E-state index in [1.54, 1.807) is 0 Å². The van der Waals surface area contributed by atoms with Gasteiger partial charge in [0, 0.05) is 18.6 Å². The van der Waals surface area contributed by atoms with E-state index in [9.17, 15) is 0 Å². The lowest BCUT2D eigenvalue weighted by atomic mass is 9.85. The zero-order valence-electron chi connectivity index (χ0n) is 8.71. The van der Waals surface area contributed by atoms with Gasteiger partial charge in [-0.15, -0.1) is 0 Å². The molecule has 0 spiro atoms. The molecule has 2 rings (SSSR count). The average Bonchev–Trinajstić information content (AvgIpc) is 2.60. The molecule has 0 aromatic carbocycles. The van der Waals surface area contributed by atoms with Crippen LogP contribution in [0.5, 0.6) is 0 Å². The molecule has 1 heterocycles. The Balaban J connectivity index is 1.98. The fraction of sp³-hybridized carbons (Fsp3) is 1.00. The molecule has 3 atom stereocenters. The lowest BCUT2D eigenvalue weighted by Gasteiger charge is -2.35. The second kappa shape index (κ2) is 3.97. The maximum absolute atomic E-state index is 5.73. The molecule has 0 aromatic heterocycles. The fourth-order valence-corrected chi connectivity index (χ4v) is 3.12. The predicted octanol–water partition coefficient (Wildman–Crippen LogP) is 1.60. The van der Waals surface area contributed by atoms with Gasteiger partial charge in [0.2, 0.25) is 0 Å². The molecule has 0 aromatic rings. The second-order valence-corrected chi connectivity index (χ2v) is 4.72. The number of rotatable bonds is 2. The molecule has 2 fully saturated rings. The van der Waals surface area contributed by atoms with Crippen LogP contribution in [0.25, 0.3) is 0 Å². The smallest absolute Gasteiger partial charge is 0.0193 e. The maximum atomic E-state index is 5.73. The Morgan fingerprint density at radius 3 is 2.85 bits per heavy atom. The largest absolute Gasteiger partial charge is 0.329 e. The molecule has 1 saturated heterocycles. The first-order chi connectivity index (χ1) is 6.33. The van der Waals surface area contributed by atoms with Crippen LogP contribution in [0.3, 0.4) is 0 Å². The summed E-state index contributed by atoms with van der Waals surface area (Å²) >= 11 is 0. The van der Waals surface area contributed by atoms with Gasteiger partial charge in [-0.3, -0.25) is 4.90 Å². The minimum atomic E-state index is 0.605. The zero-order chi connectivity index (χ0) is 9.26. The van der Waals surface area contributed by atoms with Crippen LogP contribution in [0.2, 0.25) is 0 Å². The second-order valence-electron chi connectivity index (χ2n) is 4.72. The van der Waals surface area contributed by atoms with E-state index in [1.165, 1.54) is 38.6 Å². The summed E-state index contributed by atoms with van der Waals surface area (Å²) in [5, 5.41) is 0. The molecule has 3 unspecified atom stereocenters. The lowest BCUT2D eigenvalue weighted by Crippen LogP contribution is -2.44. The van der Waals surface area contributed by atoms with Gasteiger partial charge in [-0.25, -0.2) is 0 Å². The third-order valence-corrected chi connectivity index (χ3v) is 3.96. The van der Waals surface area contributed by atoms with Gasteiger partial charge in [0.15, 0.2) is 0 Å². The molecule has 2 nitrogen and oxygen atoms in total. The maximum Gasteiger partial charge on any atom is 0.0193 e. The van der Waals surface area contributed by atoms with Crippen LogP contribution < -0.4 is 5.73 Å². The summed E-state index contributed by atoms with van der Waals surface area (Å²) in [4.78, 5) is 2.66. The standard InChI is InChI=1S/C11H22N2/c1-9(8-12)13-7-6-10-4-2-3-5-11(10)13/h9-11H,2-8,12H2,1H3. The van der Waals surface area contributed by atoms with Gasteiger partial charge >= 0.3 is 0 Å². The van der Waals surface area contributed by atoms with E-state index in [-0.39, 0.29) is 0 Å². The average molecular weight is 182 g/mol. The van der Waals surface area contributed by atoms with Crippen LogP contribution in [-0.2, 0) is 0 Å². The SMILES string of the molecule is CC(CN)N1CCC2CCCCC21. The minimum absolute atomic E-state index is 0.605. The van der Waals surface area contributed by atoms with E-state index in [0.717, 1.165) is 18.5 Å². The van der Waals surface area contributed by atoms with E-state index < -0.39 is 0 Å². The number of nitrogens with two attached hydrogens (primary N) is 1. The van der Waals surface area contributed by atoms with Gasteiger partial charge in [-0.1, -0.05) is 12.8 Å². The molecule has 0 amide bonds. The summed E-state index contributed by atoms with van der Waals surface area (Å²) in [5.41, 5.74) is 5.73. The van der Waals surface area contributed by atoms with Crippen LogP contribution in [0, 0.1) is 5.92 Å². The number of hydrogen-bond acceptors (Lipinski definition) is 2.